The van der Waals surface area contributed by atoms with E-state index in [0.29, 0.717) is 16.9 Å². The van der Waals surface area contributed by atoms with Crippen molar-refractivity contribution in [3.63, 3.8) is 0 Å². The van der Waals surface area contributed by atoms with E-state index in [1.54, 1.807) is 12.3 Å². The number of rotatable bonds is 5. The fourth-order valence-corrected chi connectivity index (χ4v) is 3.57. The zero-order valence-corrected chi connectivity index (χ0v) is 22.6. The molecule has 0 fully saturated rings. The molecule has 5 aromatic heterocycles. The van der Waals surface area contributed by atoms with E-state index in [1.165, 1.54) is 0 Å². The van der Waals surface area contributed by atoms with Gasteiger partial charge in [-0.2, -0.15) is 5.10 Å². The number of hydrogen-bond donors (Lipinski definition) is 1. The molecule has 37 heavy (non-hydrogen) atoms. The average Bonchev–Trinajstić information content (AvgIpc) is 2.88. The van der Waals surface area contributed by atoms with Crippen LogP contribution in [0.25, 0.3) is 22.1 Å². The topological polar surface area (TPSA) is 95.9 Å². The lowest BCUT2D eigenvalue weighted by atomic mass is 10.1. The molecule has 0 unspecified atom stereocenters. The summed E-state index contributed by atoms with van der Waals surface area (Å²) in [5.41, 5.74) is 6.57. The van der Waals surface area contributed by atoms with Crippen LogP contribution in [0, 0.1) is 0 Å². The number of anilines is 4. The third-order valence-electron chi connectivity index (χ3n) is 5.64. The normalized spacial score (nSPS) is 10.8. The number of aromatic nitrogens is 6. The third-order valence-corrected chi connectivity index (χ3v) is 5.85. The van der Waals surface area contributed by atoms with Gasteiger partial charge in [0.15, 0.2) is 5.82 Å². The first-order valence-electron chi connectivity index (χ1n) is 11.8. The highest BCUT2D eigenvalue weighted by molar-refractivity contribution is 6.29. The van der Waals surface area contributed by atoms with E-state index in [1.807, 2.05) is 86.8 Å². The maximum absolute atomic E-state index is 5.80. The van der Waals surface area contributed by atoms with Gasteiger partial charge in [0.25, 0.3) is 0 Å². The van der Waals surface area contributed by atoms with Crippen molar-refractivity contribution < 1.29 is 0 Å². The van der Waals surface area contributed by atoms with Crippen LogP contribution in [0.2, 0.25) is 5.15 Å². The Kier molecular flexibility index (Phi) is 7.93. The Balaban J connectivity index is 0.000000195. The number of halogens is 1. The highest BCUT2D eigenvalue weighted by Gasteiger charge is 2.06. The van der Waals surface area contributed by atoms with E-state index < -0.39 is 0 Å². The Hall–Kier alpha value is -4.11. The van der Waals surface area contributed by atoms with Crippen molar-refractivity contribution in [3.8, 4) is 0 Å². The number of fused-ring (bicyclic) bond motifs is 2. The summed E-state index contributed by atoms with van der Waals surface area (Å²) in [4.78, 5) is 21.5. The van der Waals surface area contributed by atoms with E-state index in [-0.39, 0.29) is 0 Å². The summed E-state index contributed by atoms with van der Waals surface area (Å²) in [6.07, 6.45) is 5.45. The largest absolute Gasteiger partial charge is 0.376 e. The Morgan fingerprint density at radius 1 is 0.703 bits per heavy atom. The molecule has 0 saturated heterocycles. The van der Waals surface area contributed by atoms with Gasteiger partial charge < -0.3 is 15.1 Å². The summed E-state index contributed by atoms with van der Waals surface area (Å²) in [5, 5.41) is 11.9. The zero-order chi connectivity index (χ0) is 26.5. The molecule has 5 aromatic rings. The predicted octanol–water partition coefficient (Wildman–Crippen LogP) is 5.70. The minimum Gasteiger partial charge on any atom is -0.376 e. The second-order valence-corrected chi connectivity index (χ2v) is 9.62. The molecule has 5 heterocycles. The van der Waals surface area contributed by atoms with Gasteiger partial charge in [0.05, 0.1) is 52.0 Å². The molecule has 10 heteroatoms. The van der Waals surface area contributed by atoms with Crippen LogP contribution in [0.15, 0.2) is 61.1 Å². The molecule has 0 aliphatic heterocycles. The number of pyridine rings is 4. The summed E-state index contributed by atoms with van der Waals surface area (Å²) in [6, 6.07) is 13.4. The lowest BCUT2D eigenvalue weighted by Crippen LogP contribution is -2.09. The first-order valence-corrected chi connectivity index (χ1v) is 12.2. The smallest absolute Gasteiger partial charge is 0.154 e. The molecule has 0 bridgehead atoms. The number of hydrogen-bond acceptors (Lipinski definition) is 9. The van der Waals surface area contributed by atoms with E-state index in [0.717, 1.165) is 44.8 Å². The van der Waals surface area contributed by atoms with Crippen molar-refractivity contribution in [1.29, 1.82) is 0 Å². The van der Waals surface area contributed by atoms with Crippen molar-refractivity contribution in [2.24, 2.45) is 0 Å². The molecule has 9 nitrogen and oxygen atoms in total. The van der Waals surface area contributed by atoms with Crippen LogP contribution in [0.1, 0.15) is 25.3 Å². The molecule has 0 saturated carbocycles. The lowest BCUT2D eigenvalue weighted by Gasteiger charge is -2.12. The fourth-order valence-electron chi connectivity index (χ4n) is 3.42. The van der Waals surface area contributed by atoms with Crippen molar-refractivity contribution in [1.82, 2.24) is 30.1 Å². The highest BCUT2D eigenvalue weighted by Crippen LogP contribution is 2.22. The molecule has 0 aliphatic rings. The van der Waals surface area contributed by atoms with E-state index in [2.05, 4.69) is 49.3 Å². The monoisotopic (exact) mass is 515 g/mol. The van der Waals surface area contributed by atoms with Crippen LogP contribution in [-0.4, -0.2) is 58.3 Å². The van der Waals surface area contributed by atoms with Gasteiger partial charge >= 0.3 is 0 Å². The molecule has 0 aliphatic carbocycles. The van der Waals surface area contributed by atoms with Gasteiger partial charge in [-0.1, -0.05) is 25.4 Å². The minimum atomic E-state index is 0.405. The van der Waals surface area contributed by atoms with Gasteiger partial charge in [-0.3, -0.25) is 9.97 Å². The minimum absolute atomic E-state index is 0.405. The molecule has 190 valence electrons. The molecule has 5 rings (SSSR count). The number of nitrogens with zero attached hydrogens (tertiary/aromatic N) is 8. The Morgan fingerprint density at radius 3 is 1.89 bits per heavy atom. The molecule has 0 aromatic carbocycles. The maximum atomic E-state index is 5.80. The van der Waals surface area contributed by atoms with E-state index in [4.69, 9.17) is 11.6 Å². The van der Waals surface area contributed by atoms with Crippen LogP contribution >= 0.6 is 11.6 Å². The van der Waals surface area contributed by atoms with Crippen molar-refractivity contribution >= 4 is 56.7 Å². The summed E-state index contributed by atoms with van der Waals surface area (Å²) in [7, 11) is 7.90. The van der Waals surface area contributed by atoms with Gasteiger partial charge in [0.1, 0.15) is 11.0 Å². The maximum Gasteiger partial charge on any atom is 0.154 e. The first-order chi connectivity index (χ1) is 17.7. The van der Waals surface area contributed by atoms with Gasteiger partial charge in [0.2, 0.25) is 0 Å². The Bertz CT molecular complexity index is 1520. The molecule has 0 spiro atoms. The molecular weight excluding hydrogens is 486 g/mol. The summed E-state index contributed by atoms with van der Waals surface area (Å²) in [6.45, 7) is 4.26. The molecule has 0 amide bonds. The quantitative estimate of drug-likeness (QED) is 0.295. The van der Waals surface area contributed by atoms with Crippen LogP contribution in [0.3, 0.4) is 0 Å². The van der Waals surface area contributed by atoms with Gasteiger partial charge in [-0.25, -0.2) is 9.97 Å². The second-order valence-electron chi connectivity index (χ2n) is 9.24. The van der Waals surface area contributed by atoms with Crippen LogP contribution in [-0.2, 0) is 0 Å². The Morgan fingerprint density at radius 2 is 1.30 bits per heavy atom. The van der Waals surface area contributed by atoms with Crippen LogP contribution < -0.4 is 15.1 Å². The van der Waals surface area contributed by atoms with E-state index >= 15 is 0 Å². The van der Waals surface area contributed by atoms with E-state index in [9.17, 15) is 0 Å². The standard InChI is InChI=1S/C17H20N6.C10H10ClN3/c1-11(2)12-7-17(22-19-9-12)21-16-6-5-14-15(20-16)8-13(10-18-14)23(3)4;1-14(2)7-5-9-8(12-6-7)3-4-10(11)13-9/h5-11H,1-4H3,(H,20,21,22);3-6H,1-2H3. The van der Waals surface area contributed by atoms with Crippen molar-refractivity contribution in [2.45, 2.75) is 19.8 Å². The SMILES string of the molecule is CC(C)c1cnnc(Nc2ccc3ncc(N(C)C)cc3n2)c1.CN(C)c1cnc2ccc(Cl)nc2c1. The van der Waals surface area contributed by atoms with Crippen molar-refractivity contribution in [2.75, 3.05) is 43.3 Å². The molecular formula is C27H30ClN9. The lowest BCUT2D eigenvalue weighted by molar-refractivity contribution is 0.843. The molecule has 1 N–H and O–H groups in total. The third kappa shape index (κ3) is 6.56. The van der Waals surface area contributed by atoms with Crippen LogP contribution in [0.5, 0.6) is 0 Å². The molecule has 0 radical (unpaired) electrons. The summed E-state index contributed by atoms with van der Waals surface area (Å²) < 4.78 is 0. The first kappa shape index (κ1) is 26.0. The zero-order valence-electron chi connectivity index (χ0n) is 21.8. The number of nitrogens with one attached hydrogen (secondary N) is 1. The highest BCUT2D eigenvalue weighted by atomic mass is 35.5. The summed E-state index contributed by atoms with van der Waals surface area (Å²) in [5.74, 6) is 1.83. The van der Waals surface area contributed by atoms with Gasteiger partial charge in [0, 0.05) is 28.2 Å². The average molecular weight is 516 g/mol. The fraction of sp³-hybridized carbons (Fsp3) is 0.259. The van der Waals surface area contributed by atoms with Gasteiger partial charge in [-0.15, -0.1) is 5.10 Å². The summed E-state index contributed by atoms with van der Waals surface area (Å²) >= 11 is 5.80. The Labute approximate surface area is 221 Å². The predicted molar refractivity (Wildman–Crippen MR) is 152 cm³/mol. The van der Waals surface area contributed by atoms with Crippen LogP contribution in [0.4, 0.5) is 23.0 Å². The van der Waals surface area contributed by atoms with Gasteiger partial charge in [-0.05, 0) is 53.9 Å². The molecule has 0 atom stereocenters. The van der Waals surface area contributed by atoms with Crippen molar-refractivity contribution in [3.05, 3.63) is 71.8 Å². The second kappa shape index (κ2) is 11.3.